The van der Waals surface area contributed by atoms with Gasteiger partial charge in [0.1, 0.15) is 5.75 Å². The lowest BCUT2D eigenvalue weighted by atomic mass is 10.0. The summed E-state index contributed by atoms with van der Waals surface area (Å²) in [5.74, 6) is 0.621. The van der Waals surface area contributed by atoms with Gasteiger partial charge in [0.25, 0.3) is 0 Å². The van der Waals surface area contributed by atoms with Crippen molar-refractivity contribution in [2.75, 3.05) is 57.8 Å². The van der Waals surface area contributed by atoms with E-state index in [1.165, 1.54) is 11.3 Å². The summed E-state index contributed by atoms with van der Waals surface area (Å²) in [6, 6.07) is 14.7. The first kappa shape index (κ1) is 22.7. The van der Waals surface area contributed by atoms with Gasteiger partial charge in [-0.1, -0.05) is 12.1 Å². The normalized spacial score (nSPS) is 17.9. The lowest BCUT2D eigenvalue weighted by Gasteiger charge is -2.34. The Morgan fingerprint density at radius 3 is 2.62 bits per heavy atom. The van der Waals surface area contributed by atoms with Gasteiger partial charge in [-0.3, -0.25) is 4.79 Å². The van der Waals surface area contributed by atoms with Crippen LogP contribution in [0.2, 0.25) is 0 Å². The Morgan fingerprint density at radius 2 is 1.88 bits per heavy atom. The molecule has 0 bridgehead atoms. The van der Waals surface area contributed by atoms with Crippen LogP contribution >= 0.6 is 0 Å². The number of fused-ring (bicyclic) bond motifs is 1. The summed E-state index contributed by atoms with van der Waals surface area (Å²) in [6.45, 7) is 7.29. The molecule has 2 aliphatic heterocycles. The molecule has 0 saturated carbocycles. The number of rotatable bonds is 7. The van der Waals surface area contributed by atoms with Gasteiger partial charge in [-0.15, -0.1) is 0 Å². The number of methoxy groups -OCH3 is 1. The van der Waals surface area contributed by atoms with Gasteiger partial charge in [-0.2, -0.15) is 0 Å². The average Bonchev–Trinajstić information content (AvgIpc) is 3.31. The third-order valence-electron chi connectivity index (χ3n) is 7.42. The predicted octanol–water partition coefficient (Wildman–Crippen LogP) is 3.04. The average molecular weight is 462 g/mol. The van der Waals surface area contributed by atoms with Crippen LogP contribution in [-0.4, -0.2) is 68.3 Å². The van der Waals surface area contributed by atoms with Gasteiger partial charge >= 0.3 is 0 Å². The molecule has 0 spiro atoms. The van der Waals surface area contributed by atoms with Crippen molar-refractivity contribution >= 4 is 22.5 Å². The van der Waals surface area contributed by atoms with Crippen LogP contribution in [0.1, 0.15) is 34.8 Å². The number of nitrogens with one attached hydrogen (secondary N) is 1. The summed E-state index contributed by atoms with van der Waals surface area (Å²) in [7, 11) is 1.77. The molecule has 2 aliphatic rings. The molecule has 1 aromatic heterocycles. The van der Waals surface area contributed by atoms with Crippen molar-refractivity contribution in [3.05, 3.63) is 59.8 Å². The predicted molar refractivity (Wildman–Crippen MR) is 137 cm³/mol. The highest BCUT2D eigenvalue weighted by Gasteiger charge is 2.23. The van der Waals surface area contributed by atoms with Crippen molar-refractivity contribution in [2.24, 2.45) is 5.73 Å². The summed E-state index contributed by atoms with van der Waals surface area (Å²) in [6.07, 6.45) is 5.34. The molecule has 180 valence electrons. The summed E-state index contributed by atoms with van der Waals surface area (Å²) in [4.78, 5) is 16.7. The molecule has 3 heterocycles. The summed E-state index contributed by atoms with van der Waals surface area (Å²) in [5.41, 5.74) is 9.83. The molecule has 7 heteroatoms. The number of hydrogen-bond acceptors (Lipinski definition) is 5. The number of aromatic nitrogens is 1. The Labute approximate surface area is 201 Å². The quantitative estimate of drug-likeness (QED) is 0.566. The molecule has 3 aromatic rings. The molecule has 2 saturated heterocycles. The van der Waals surface area contributed by atoms with E-state index in [0.29, 0.717) is 11.6 Å². The van der Waals surface area contributed by atoms with E-state index >= 15 is 0 Å². The standard InChI is InChI=1S/C27H35N5O2/c1-34-26-4-2-3-24(31-17-11-29-12-18-31)23(26)10-15-30-13-8-22(9-14-30)32-16-7-20-5-6-21(27(28)33)19-25(20)32/h2-7,16,19,22,29H,8-15,17-18H2,1H3,(H2,28,33). The van der Waals surface area contributed by atoms with Crippen molar-refractivity contribution in [2.45, 2.75) is 25.3 Å². The fourth-order valence-corrected chi connectivity index (χ4v) is 5.51. The Morgan fingerprint density at radius 1 is 1.09 bits per heavy atom. The zero-order chi connectivity index (χ0) is 23.5. The first-order valence-electron chi connectivity index (χ1n) is 12.4. The second-order valence-electron chi connectivity index (χ2n) is 9.38. The molecular weight excluding hydrogens is 426 g/mol. The molecule has 0 radical (unpaired) electrons. The van der Waals surface area contributed by atoms with Crippen molar-refractivity contribution in [3.8, 4) is 5.75 Å². The summed E-state index contributed by atoms with van der Waals surface area (Å²) >= 11 is 0. The zero-order valence-electron chi connectivity index (χ0n) is 20.0. The number of carbonyl (C=O) groups is 1. The van der Waals surface area contributed by atoms with Crippen LogP contribution < -0.4 is 20.7 Å². The maximum atomic E-state index is 11.6. The van der Waals surface area contributed by atoms with E-state index in [1.807, 2.05) is 18.2 Å². The van der Waals surface area contributed by atoms with E-state index in [2.05, 4.69) is 50.1 Å². The molecule has 1 amide bonds. The second kappa shape index (κ2) is 10.1. The third kappa shape index (κ3) is 4.63. The largest absolute Gasteiger partial charge is 0.496 e. The highest BCUT2D eigenvalue weighted by Crippen LogP contribution is 2.32. The highest BCUT2D eigenvalue weighted by atomic mass is 16.5. The monoisotopic (exact) mass is 461 g/mol. The fraction of sp³-hybridized carbons (Fsp3) is 0.444. The van der Waals surface area contributed by atoms with Crippen LogP contribution in [0.15, 0.2) is 48.7 Å². The van der Waals surface area contributed by atoms with Gasteiger partial charge < -0.3 is 30.2 Å². The van der Waals surface area contributed by atoms with Crippen molar-refractivity contribution < 1.29 is 9.53 Å². The summed E-state index contributed by atoms with van der Waals surface area (Å²) < 4.78 is 8.09. The first-order chi connectivity index (χ1) is 16.6. The molecule has 34 heavy (non-hydrogen) atoms. The number of primary amides is 1. The Balaban J connectivity index is 1.24. The SMILES string of the molecule is COc1cccc(N2CCNCC2)c1CCN1CCC(n2ccc3ccc(C(N)=O)cc32)CC1. The van der Waals surface area contributed by atoms with Crippen LogP contribution in [0.4, 0.5) is 5.69 Å². The Hall–Kier alpha value is -3.03. The highest BCUT2D eigenvalue weighted by molar-refractivity contribution is 5.97. The molecule has 5 rings (SSSR count). The molecular formula is C27H35N5O2. The maximum absolute atomic E-state index is 11.6. The van der Waals surface area contributed by atoms with Crippen LogP contribution in [0.3, 0.4) is 0 Å². The molecule has 0 aliphatic carbocycles. The number of amides is 1. The smallest absolute Gasteiger partial charge is 0.248 e. The maximum Gasteiger partial charge on any atom is 0.248 e. The minimum Gasteiger partial charge on any atom is -0.496 e. The van der Waals surface area contributed by atoms with Gasteiger partial charge in [0.2, 0.25) is 5.91 Å². The van der Waals surface area contributed by atoms with Gasteiger partial charge in [0, 0.05) is 80.4 Å². The van der Waals surface area contributed by atoms with E-state index in [9.17, 15) is 4.79 Å². The number of benzene rings is 2. The number of likely N-dealkylation sites (tertiary alicyclic amines) is 1. The van der Waals surface area contributed by atoms with Crippen molar-refractivity contribution in [1.82, 2.24) is 14.8 Å². The molecule has 7 nitrogen and oxygen atoms in total. The second-order valence-corrected chi connectivity index (χ2v) is 9.38. The van der Waals surface area contributed by atoms with Gasteiger partial charge in [-0.25, -0.2) is 0 Å². The number of nitrogens with two attached hydrogens (primary N) is 1. The lowest BCUT2D eigenvalue weighted by molar-refractivity contribution is 0.100. The zero-order valence-corrected chi connectivity index (χ0v) is 20.0. The molecule has 3 N–H and O–H groups in total. The van der Waals surface area contributed by atoms with Gasteiger partial charge in [0.05, 0.1) is 7.11 Å². The van der Waals surface area contributed by atoms with E-state index in [0.717, 1.165) is 81.7 Å². The third-order valence-corrected chi connectivity index (χ3v) is 7.42. The van der Waals surface area contributed by atoms with E-state index in [1.54, 1.807) is 7.11 Å². The van der Waals surface area contributed by atoms with Crippen molar-refractivity contribution in [3.63, 3.8) is 0 Å². The van der Waals surface area contributed by atoms with Crippen molar-refractivity contribution in [1.29, 1.82) is 0 Å². The minimum absolute atomic E-state index is 0.374. The Kier molecular flexibility index (Phi) is 6.74. The fourth-order valence-electron chi connectivity index (χ4n) is 5.51. The van der Waals surface area contributed by atoms with Crippen LogP contribution in [0.5, 0.6) is 5.75 Å². The minimum atomic E-state index is -0.374. The number of piperidine rings is 1. The number of nitrogens with zero attached hydrogens (tertiary/aromatic N) is 3. The number of hydrogen-bond donors (Lipinski definition) is 2. The summed E-state index contributed by atoms with van der Waals surface area (Å²) in [5, 5.41) is 4.60. The van der Waals surface area contributed by atoms with Gasteiger partial charge in [-0.05, 0) is 55.0 Å². The molecule has 0 atom stereocenters. The molecule has 2 fully saturated rings. The van der Waals surface area contributed by atoms with E-state index < -0.39 is 0 Å². The van der Waals surface area contributed by atoms with Crippen LogP contribution in [-0.2, 0) is 6.42 Å². The topological polar surface area (TPSA) is 75.8 Å². The van der Waals surface area contributed by atoms with E-state index in [-0.39, 0.29) is 5.91 Å². The Bertz CT molecular complexity index is 1140. The lowest BCUT2D eigenvalue weighted by Crippen LogP contribution is -2.44. The number of ether oxygens (including phenoxy) is 1. The number of anilines is 1. The number of piperazine rings is 1. The number of carbonyl (C=O) groups excluding carboxylic acids is 1. The van der Waals surface area contributed by atoms with Crippen LogP contribution in [0.25, 0.3) is 10.9 Å². The first-order valence-corrected chi connectivity index (χ1v) is 12.4. The van der Waals surface area contributed by atoms with Crippen LogP contribution in [0, 0.1) is 0 Å². The van der Waals surface area contributed by atoms with E-state index in [4.69, 9.17) is 10.5 Å². The van der Waals surface area contributed by atoms with Gasteiger partial charge in [0.15, 0.2) is 0 Å². The molecule has 0 unspecified atom stereocenters. The molecule has 2 aromatic carbocycles.